The SMILES string of the molecule is COc1ccc([C@@H](C)Nc2ncnc3[nH]ncc23)cc1F. The van der Waals surface area contributed by atoms with Crippen LogP contribution in [-0.4, -0.2) is 27.3 Å². The quantitative estimate of drug-likeness (QED) is 0.771. The molecule has 0 aliphatic heterocycles. The molecule has 21 heavy (non-hydrogen) atoms. The van der Waals surface area contributed by atoms with E-state index in [0.29, 0.717) is 11.5 Å². The van der Waals surface area contributed by atoms with Gasteiger partial charge in [0.25, 0.3) is 0 Å². The van der Waals surface area contributed by atoms with E-state index in [1.54, 1.807) is 12.3 Å². The number of aromatic amines is 1. The maximum Gasteiger partial charge on any atom is 0.165 e. The van der Waals surface area contributed by atoms with Gasteiger partial charge in [0.2, 0.25) is 0 Å². The topological polar surface area (TPSA) is 75.7 Å². The number of methoxy groups -OCH3 is 1. The van der Waals surface area contributed by atoms with Crippen molar-refractivity contribution < 1.29 is 9.13 Å². The Morgan fingerprint density at radius 1 is 1.33 bits per heavy atom. The van der Waals surface area contributed by atoms with Gasteiger partial charge in [0, 0.05) is 0 Å². The molecule has 6 nitrogen and oxygen atoms in total. The summed E-state index contributed by atoms with van der Waals surface area (Å²) < 4.78 is 18.7. The molecule has 1 aromatic carbocycles. The lowest BCUT2D eigenvalue weighted by Crippen LogP contribution is -2.09. The summed E-state index contributed by atoms with van der Waals surface area (Å²) in [6.45, 7) is 1.93. The summed E-state index contributed by atoms with van der Waals surface area (Å²) in [5.41, 5.74) is 1.45. The van der Waals surface area contributed by atoms with E-state index in [2.05, 4.69) is 25.5 Å². The number of benzene rings is 1. The number of anilines is 1. The van der Waals surface area contributed by atoms with E-state index in [1.165, 1.54) is 19.5 Å². The van der Waals surface area contributed by atoms with Gasteiger partial charge in [-0.2, -0.15) is 5.10 Å². The number of fused-ring (bicyclic) bond motifs is 1. The molecule has 0 aliphatic carbocycles. The maximum absolute atomic E-state index is 13.8. The first-order valence-corrected chi connectivity index (χ1v) is 6.43. The Morgan fingerprint density at radius 3 is 2.95 bits per heavy atom. The molecule has 7 heteroatoms. The summed E-state index contributed by atoms with van der Waals surface area (Å²) in [5.74, 6) is 0.488. The minimum Gasteiger partial charge on any atom is -0.494 e. The van der Waals surface area contributed by atoms with Crippen molar-refractivity contribution in [2.75, 3.05) is 12.4 Å². The number of ether oxygens (including phenoxy) is 1. The Bertz CT molecular complexity index is 773. The van der Waals surface area contributed by atoms with Crippen LogP contribution in [-0.2, 0) is 0 Å². The molecule has 2 heterocycles. The molecule has 3 rings (SSSR count). The number of nitrogens with one attached hydrogen (secondary N) is 2. The molecule has 0 radical (unpaired) electrons. The van der Waals surface area contributed by atoms with Gasteiger partial charge in [0.05, 0.1) is 24.7 Å². The van der Waals surface area contributed by atoms with Gasteiger partial charge in [-0.1, -0.05) is 6.07 Å². The van der Waals surface area contributed by atoms with E-state index in [1.807, 2.05) is 13.0 Å². The Morgan fingerprint density at radius 2 is 2.19 bits per heavy atom. The second kappa shape index (κ2) is 5.35. The van der Waals surface area contributed by atoms with Crippen molar-refractivity contribution >= 4 is 16.9 Å². The van der Waals surface area contributed by atoms with Crippen molar-refractivity contribution in [3.8, 4) is 5.75 Å². The standard InChI is InChI=1S/C14H14FN5O/c1-8(9-3-4-12(21-2)11(15)5-9)19-13-10-6-18-20-14(10)17-7-16-13/h3-8H,1-2H3,(H2,16,17,18,19,20)/t8-/m1/s1. The van der Waals surface area contributed by atoms with Gasteiger partial charge >= 0.3 is 0 Å². The van der Waals surface area contributed by atoms with Crippen LogP contribution in [0.2, 0.25) is 0 Å². The van der Waals surface area contributed by atoms with Crippen LogP contribution in [0.3, 0.4) is 0 Å². The van der Waals surface area contributed by atoms with E-state index in [0.717, 1.165) is 10.9 Å². The molecule has 0 aliphatic rings. The highest BCUT2D eigenvalue weighted by atomic mass is 19.1. The van der Waals surface area contributed by atoms with Crippen molar-refractivity contribution in [3.05, 3.63) is 42.1 Å². The molecular weight excluding hydrogens is 273 g/mol. The molecule has 0 saturated carbocycles. The number of rotatable bonds is 4. The van der Waals surface area contributed by atoms with Gasteiger partial charge in [-0.25, -0.2) is 14.4 Å². The van der Waals surface area contributed by atoms with Crippen LogP contribution in [0.4, 0.5) is 10.2 Å². The van der Waals surface area contributed by atoms with Gasteiger partial charge in [0.1, 0.15) is 12.1 Å². The number of hydrogen-bond donors (Lipinski definition) is 2. The summed E-state index contributed by atoms with van der Waals surface area (Å²) in [5, 5.41) is 10.7. The molecule has 3 aromatic rings. The van der Waals surface area contributed by atoms with Crippen LogP contribution >= 0.6 is 0 Å². The van der Waals surface area contributed by atoms with E-state index >= 15 is 0 Å². The average molecular weight is 287 g/mol. The number of H-pyrrole nitrogens is 1. The van der Waals surface area contributed by atoms with Crippen molar-refractivity contribution in [1.29, 1.82) is 0 Å². The fourth-order valence-corrected chi connectivity index (χ4v) is 2.12. The van der Waals surface area contributed by atoms with Crippen molar-refractivity contribution in [2.24, 2.45) is 0 Å². The Balaban J connectivity index is 1.87. The van der Waals surface area contributed by atoms with Crippen LogP contribution < -0.4 is 10.1 Å². The van der Waals surface area contributed by atoms with Crippen molar-refractivity contribution in [1.82, 2.24) is 20.2 Å². The molecule has 0 amide bonds. The highest BCUT2D eigenvalue weighted by Gasteiger charge is 2.12. The fraction of sp³-hybridized carbons (Fsp3) is 0.214. The first-order chi connectivity index (χ1) is 10.2. The van der Waals surface area contributed by atoms with E-state index < -0.39 is 0 Å². The molecule has 0 fully saturated rings. The summed E-state index contributed by atoms with van der Waals surface area (Å²) in [6.07, 6.45) is 3.10. The lowest BCUT2D eigenvalue weighted by Gasteiger charge is -2.16. The minimum atomic E-state index is -0.389. The molecule has 0 unspecified atom stereocenters. The number of halogens is 1. The second-order valence-corrected chi connectivity index (χ2v) is 4.61. The zero-order valence-corrected chi connectivity index (χ0v) is 11.6. The molecule has 0 saturated heterocycles. The highest BCUT2D eigenvalue weighted by Crippen LogP contribution is 2.25. The molecule has 2 N–H and O–H groups in total. The fourth-order valence-electron chi connectivity index (χ4n) is 2.12. The monoisotopic (exact) mass is 287 g/mol. The van der Waals surface area contributed by atoms with Gasteiger partial charge in [-0.3, -0.25) is 5.10 Å². The Kier molecular flexibility index (Phi) is 3.39. The molecule has 1 atom stereocenters. The van der Waals surface area contributed by atoms with Gasteiger partial charge in [0.15, 0.2) is 17.2 Å². The van der Waals surface area contributed by atoms with Crippen LogP contribution in [0, 0.1) is 5.82 Å². The third kappa shape index (κ3) is 2.49. The van der Waals surface area contributed by atoms with Gasteiger partial charge in [-0.15, -0.1) is 0 Å². The summed E-state index contributed by atoms with van der Waals surface area (Å²) >= 11 is 0. The normalized spacial score (nSPS) is 12.3. The van der Waals surface area contributed by atoms with Gasteiger partial charge < -0.3 is 10.1 Å². The Hall–Kier alpha value is -2.70. The predicted molar refractivity (Wildman–Crippen MR) is 76.7 cm³/mol. The number of nitrogens with zero attached hydrogens (tertiary/aromatic N) is 3. The maximum atomic E-state index is 13.8. The lowest BCUT2D eigenvalue weighted by molar-refractivity contribution is 0.386. The van der Waals surface area contributed by atoms with Crippen LogP contribution in [0.5, 0.6) is 5.75 Å². The third-order valence-corrected chi connectivity index (χ3v) is 3.28. The molecule has 0 bridgehead atoms. The van der Waals surface area contributed by atoms with Gasteiger partial charge in [-0.05, 0) is 24.6 Å². The first kappa shape index (κ1) is 13.3. The van der Waals surface area contributed by atoms with Crippen molar-refractivity contribution in [2.45, 2.75) is 13.0 Å². The smallest absolute Gasteiger partial charge is 0.165 e. The molecule has 108 valence electrons. The molecule has 2 aromatic heterocycles. The zero-order chi connectivity index (χ0) is 14.8. The van der Waals surface area contributed by atoms with Crippen LogP contribution in [0.15, 0.2) is 30.7 Å². The summed E-state index contributed by atoms with van der Waals surface area (Å²) in [4.78, 5) is 8.27. The van der Waals surface area contributed by atoms with Crippen LogP contribution in [0.25, 0.3) is 11.0 Å². The largest absolute Gasteiger partial charge is 0.494 e. The predicted octanol–water partition coefficient (Wildman–Crippen LogP) is 2.67. The second-order valence-electron chi connectivity index (χ2n) is 4.61. The number of hydrogen-bond acceptors (Lipinski definition) is 5. The molecule has 0 spiro atoms. The van der Waals surface area contributed by atoms with E-state index in [4.69, 9.17) is 4.74 Å². The van der Waals surface area contributed by atoms with Crippen LogP contribution in [0.1, 0.15) is 18.5 Å². The third-order valence-electron chi connectivity index (χ3n) is 3.28. The summed E-state index contributed by atoms with van der Waals surface area (Å²) in [7, 11) is 1.44. The van der Waals surface area contributed by atoms with Crippen molar-refractivity contribution in [3.63, 3.8) is 0 Å². The highest BCUT2D eigenvalue weighted by molar-refractivity contribution is 5.85. The van der Waals surface area contributed by atoms with E-state index in [9.17, 15) is 4.39 Å². The Labute approximate surface area is 120 Å². The average Bonchev–Trinajstić information content (AvgIpc) is 2.96. The minimum absolute atomic E-state index is 0.126. The van der Waals surface area contributed by atoms with E-state index in [-0.39, 0.29) is 17.6 Å². The summed E-state index contributed by atoms with van der Waals surface area (Å²) in [6, 6.07) is 4.74. The lowest BCUT2D eigenvalue weighted by atomic mass is 10.1. The number of aromatic nitrogens is 4. The first-order valence-electron chi connectivity index (χ1n) is 6.43. The molecular formula is C14H14FN5O. The zero-order valence-electron chi connectivity index (χ0n) is 11.6.